The Balaban J connectivity index is 2.06. The Bertz CT molecular complexity index is 451. The Hall–Kier alpha value is -1.07. The van der Waals surface area contributed by atoms with E-state index < -0.39 is 0 Å². The molecule has 4 nitrogen and oxygen atoms in total. The van der Waals surface area contributed by atoms with Gasteiger partial charge >= 0.3 is 0 Å². The topological polar surface area (TPSA) is 55.6 Å². The lowest BCUT2D eigenvalue weighted by Crippen LogP contribution is -2.27. The summed E-state index contributed by atoms with van der Waals surface area (Å²) in [4.78, 5) is 13.4. The van der Waals surface area contributed by atoms with E-state index >= 15 is 0 Å². The molecule has 98 valence electrons. The number of amides is 1. The molecule has 1 heterocycles. The van der Waals surface area contributed by atoms with Crippen molar-refractivity contribution in [2.24, 2.45) is 11.7 Å². The van der Waals surface area contributed by atoms with Crippen molar-refractivity contribution in [2.45, 2.75) is 13.0 Å². The number of hydrogen-bond donors (Lipinski definition) is 1. The Morgan fingerprint density at radius 1 is 1.61 bits per heavy atom. The summed E-state index contributed by atoms with van der Waals surface area (Å²) in [6.45, 7) is 2.43. The van der Waals surface area contributed by atoms with Gasteiger partial charge in [0.15, 0.2) is 0 Å². The van der Waals surface area contributed by atoms with E-state index in [-0.39, 0.29) is 11.8 Å². The average molecular weight is 313 g/mol. The monoisotopic (exact) mass is 312 g/mol. The fourth-order valence-corrected chi connectivity index (χ4v) is 2.73. The quantitative estimate of drug-likeness (QED) is 0.921. The van der Waals surface area contributed by atoms with Gasteiger partial charge in [0, 0.05) is 23.1 Å². The van der Waals surface area contributed by atoms with Crippen LogP contribution >= 0.6 is 15.9 Å². The van der Waals surface area contributed by atoms with Crippen molar-refractivity contribution < 1.29 is 9.53 Å². The molecule has 1 aromatic rings. The maximum absolute atomic E-state index is 11.1. The third-order valence-electron chi connectivity index (χ3n) is 3.31. The summed E-state index contributed by atoms with van der Waals surface area (Å²) in [7, 11) is 1.67. The third kappa shape index (κ3) is 3.03. The van der Waals surface area contributed by atoms with Crippen molar-refractivity contribution in [3.05, 3.63) is 28.2 Å². The summed E-state index contributed by atoms with van der Waals surface area (Å²) in [6, 6.07) is 5.95. The average Bonchev–Trinajstić information content (AvgIpc) is 2.78. The van der Waals surface area contributed by atoms with Gasteiger partial charge in [0.2, 0.25) is 5.91 Å². The van der Waals surface area contributed by atoms with Gasteiger partial charge in [0.1, 0.15) is 5.75 Å². The molecule has 1 fully saturated rings. The van der Waals surface area contributed by atoms with Gasteiger partial charge in [-0.15, -0.1) is 0 Å². The second kappa shape index (κ2) is 5.71. The number of primary amides is 1. The number of halogens is 1. The summed E-state index contributed by atoms with van der Waals surface area (Å²) in [6.07, 6.45) is 0.853. The van der Waals surface area contributed by atoms with Crippen LogP contribution in [0.15, 0.2) is 22.7 Å². The second-order valence-electron chi connectivity index (χ2n) is 4.58. The lowest BCUT2D eigenvalue weighted by atomic mass is 10.1. The van der Waals surface area contributed by atoms with Gasteiger partial charge in [-0.05, 0) is 31.2 Å². The molecule has 0 radical (unpaired) electrons. The maximum atomic E-state index is 11.1. The van der Waals surface area contributed by atoms with Crippen LogP contribution in [0.3, 0.4) is 0 Å². The minimum absolute atomic E-state index is 0.0110. The van der Waals surface area contributed by atoms with Crippen LogP contribution in [-0.2, 0) is 11.3 Å². The van der Waals surface area contributed by atoms with Gasteiger partial charge in [0.25, 0.3) is 0 Å². The SMILES string of the molecule is COc1ccc(Br)cc1CN1CC[C@H](C(N)=O)C1. The lowest BCUT2D eigenvalue weighted by Gasteiger charge is -2.17. The zero-order valence-electron chi connectivity index (χ0n) is 10.4. The largest absolute Gasteiger partial charge is 0.496 e. The maximum Gasteiger partial charge on any atom is 0.221 e. The van der Waals surface area contributed by atoms with E-state index in [1.807, 2.05) is 12.1 Å². The van der Waals surface area contributed by atoms with E-state index in [1.165, 1.54) is 0 Å². The number of rotatable bonds is 4. The van der Waals surface area contributed by atoms with E-state index in [4.69, 9.17) is 10.5 Å². The van der Waals surface area contributed by atoms with Crippen LogP contribution in [-0.4, -0.2) is 31.0 Å². The predicted molar refractivity (Wildman–Crippen MR) is 73.3 cm³/mol. The molecule has 0 aliphatic carbocycles. The molecule has 0 saturated carbocycles. The Labute approximate surface area is 115 Å². The van der Waals surface area contributed by atoms with Crippen LogP contribution < -0.4 is 10.5 Å². The molecule has 0 bridgehead atoms. The number of nitrogens with two attached hydrogens (primary N) is 1. The normalized spacial score (nSPS) is 20.0. The molecule has 18 heavy (non-hydrogen) atoms. The first-order valence-corrected chi connectivity index (χ1v) is 6.73. The van der Waals surface area contributed by atoms with Crippen LogP contribution in [0.5, 0.6) is 5.75 Å². The van der Waals surface area contributed by atoms with E-state index in [0.29, 0.717) is 0 Å². The summed E-state index contributed by atoms with van der Waals surface area (Å²) >= 11 is 3.46. The van der Waals surface area contributed by atoms with Crippen molar-refractivity contribution >= 4 is 21.8 Å². The Morgan fingerprint density at radius 3 is 3.00 bits per heavy atom. The second-order valence-corrected chi connectivity index (χ2v) is 5.49. The number of nitrogens with zero attached hydrogens (tertiary/aromatic N) is 1. The molecule has 0 unspecified atom stereocenters. The van der Waals surface area contributed by atoms with Gasteiger partial charge in [-0.25, -0.2) is 0 Å². The van der Waals surface area contributed by atoms with Crippen molar-refractivity contribution in [3.63, 3.8) is 0 Å². The zero-order chi connectivity index (χ0) is 13.1. The van der Waals surface area contributed by atoms with Crippen molar-refractivity contribution in [3.8, 4) is 5.75 Å². The molecule has 1 amide bonds. The number of likely N-dealkylation sites (tertiary alicyclic amines) is 1. The molecule has 1 aliphatic heterocycles. The van der Waals surface area contributed by atoms with E-state index in [9.17, 15) is 4.79 Å². The number of benzene rings is 1. The molecule has 2 rings (SSSR count). The molecule has 5 heteroatoms. The molecular weight excluding hydrogens is 296 g/mol. The van der Waals surface area contributed by atoms with Crippen LogP contribution in [0.2, 0.25) is 0 Å². The summed E-state index contributed by atoms with van der Waals surface area (Å²) in [5, 5.41) is 0. The van der Waals surface area contributed by atoms with E-state index in [2.05, 4.69) is 26.9 Å². The van der Waals surface area contributed by atoms with Gasteiger partial charge in [0.05, 0.1) is 13.0 Å². The first-order valence-electron chi connectivity index (χ1n) is 5.94. The summed E-state index contributed by atoms with van der Waals surface area (Å²) in [5.74, 6) is 0.669. The van der Waals surface area contributed by atoms with Gasteiger partial charge in [-0.2, -0.15) is 0 Å². The highest BCUT2D eigenvalue weighted by atomic mass is 79.9. The fraction of sp³-hybridized carbons (Fsp3) is 0.462. The highest BCUT2D eigenvalue weighted by Gasteiger charge is 2.26. The number of carbonyl (C=O) groups excluding carboxylic acids is 1. The van der Waals surface area contributed by atoms with Crippen molar-refractivity contribution in [1.29, 1.82) is 0 Å². The van der Waals surface area contributed by atoms with Crippen LogP contribution in [0, 0.1) is 5.92 Å². The molecule has 1 atom stereocenters. The van der Waals surface area contributed by atoms with Crippen LogP contribution in [0.25, 0.3) is 0 Å². The predicted octanol–water partition coefficient (Wildman–Crippen LogP) is 1.76. The summed E-state index contributed by atoms with van der Waals surface area (Å²) < 4.78 is 6.38. The molecule has 0 spiro atoms. The number of methoxy groups -OCH3 is 1. The Kier molecular flexibility index (Phi) is 4.24. The minimum Gasteiger partial charge on any atom is -0.496 e. The number of carbonyl (C=O) groups is 1. The van der Waals surface area contributed by atoms with Gasteiger partial charge in [-0.3, -0.25) is 9.69 Å². The lowest BCUT2D eigenvalue weighted by molar-refractivity contribution is -0.121. The van der Waals surface area contributed by atoms with E-state index in [0.717, 1.165) is 41.8 Å². The first kappa shape index (κ1) is 13.4. The highest BCUT2D eigenvalue weighted by molar-refractivity contribution is 9.10. The van der Waals surface area contributed by atoms with E-state index in [1.54, 1.807) is 7.11 Å². The standard InChI is InChI=1S/C13H17BrN2O2/c1-18-12-3-2-11(14)6-10(12)8-16-5-4-9(7-16)13(15)17/h2-3,6,9H,4-5,7-8H2,1H3,(H2,15,17)/t9-/m0/s1. The molecule has 1 saturated heterocycles. The van der Waals surface area contributed by atoms with Gasteiger partial charge in [-0.1, -0.05) is 15.9 Å². The highest BCUT2D eigenvalue weighted by Crippen LogP contribution is 2.26. The van der Waals surface area contributed by atoms with Crippen molar-refractivity contribution in [1.82, 2.24) is 4.90 Å². The van der Waals surface area contributed by atoms with Crippen molar-refractivity contribution in [2.75, 3.05) is 20.2 Å². The fourth-order valence-electron chi connectivity index (χ4n) is 2.32. The van der Waals surface area contributed by atoms with Crippen LogP contribution in [0.1, 0.15) is 12.0 Å². The summed E-state index contributed by atoms with van der Waals surface area (Å²) in [5.41, 5.74) is 6.46. The zero-order valence-corrected chi connectivity index (χ0v) is 11.9. The minimum atomic E-state index is -0.196. The van der Waals surface area contributed by atoms with Crippen LogP contribution in [0.4, 0.5) is 0 Å². The molecule has 0 aromatic heterocycles. The number of hydrogen-bond acceptors (Lipinski definition) is 3. The number of ether oxygens (including phenoxy) is 1. The molecule has 1 aliphatic rings. The smallest absolute Gasteiger partial charge is 0.221 e. The molecular formula is C13H17BrN2O2. The first-order chi connectivity index (χ1) is 8.60. The van der Waals surface area contributed by atoms with Gasteiger partial charge < -0.3 is 10.5 Å². The third-order valence-corrected chi connectivity index (χ3v) is 3.80. The molecule has 1 aromatic carbocycles. The Morgan fingerprint density at radius 2 is 2.39 bits per heavy atom. The molecule has 2 N–H and O–H groups in total.